The van der Waals surface area contributed by atoms with Gasteiger partial charge in [-0.2, -0.15) is 27.9 Å². The first-order valence-electron chi connectivity index (χ1n) is 8.36. The van der Waals surface area contributed by atoms with Crippen LogP contribution in [0.1, 0.15) is 21.7 Å². The molecule has 0 saturated heterocycles. The van der Waals surface area contributed by atoms with Crippen LogP contribution in [0.3, 0.4) is 0 Å². The van der Waals surface area contributed by atoms with Gasteiger partial charge in [-0.15, -0.1) is 0 Å². The first-order chi connectivity index (χ1) is 13.8. The number of aromatic nitrogens is 5. The number of carbonyl (C=O) groups is 1. The molecule has 29 heavy (non-hydrogen) atoms. The molecule has 3 heterocycles. The van der Waals surface area contributed by atoms with Gasteiger partial charge in [-0.1, -0.05) is 30.3 Å². The zero-order valence-electron chi connectivity index (χ0n) is 14.8. The molecule has 0 radical (unpaired) electrons. The van der Waals surface area contributed by atoms with Crippen LogP contribution in [0.2, 0.25) is 0 Å². The third kappa shape index (κ3) is 3.16. The summed E-state index contributed by atoms with van der Waals surface area (Å²) in [5.74, 6) is -0.654. The molecule has 1 amide bonds. The largest absolute Gasteiger partial charge is 0.435 e. The van der Waals surface area contributed by atoms with Crippen LogP contribution < -0.4 is 10.9 Å². The number of nitrogens with one attached hydrogen (secondary N) is 3. The Balaban J connectivity index is 1.96. The maximum Gasteiger partial charge on any atom is 0.435 e. The molecule has 1 aromatic carbocycles. The van der Waals surface area contributed by atoms with Crippen molar-refractivity contribution in [1.82, 2.24) is 24.8 Å². The number of benzene rings is 1. The summed E-state index contributed by atoms with van der Waals surface area (Å²) in [5.41, 5.74) is -2.64. The van der Waals surface area contributed by atoms with E-state index in [4.69, 9.17) is 0 Å². The Hall–Kier alpha value is -3.89. The van der Waals surface area contributed by atoms with Crippen LogP contribution in [0.15, 0.2) is 47.4 Å². The van der Waals surface area contributed by atoms with E-state index in [1.54, 1.807) is 18.2 Å². The van der Waals surface area contributed by atoms with Crippen molar-refractivity contribution >= 4 is 17.4 Å². The Morgan fingerprint density at radius 3 is 2.52 bits per heavy atom. The van der Waals surface area contributed by atoms with Crippen LogP contribution in [0, 0.1) is 6.92 Å². The Labute approximate surface area is 160 Å². The number of alkyl halides is 3. The highest BCUT2D eigenvalue weighted by atomic mass is 19.4. The average molecular weight is 402 g/mol. The smallest absolute Gasteiger partial charge is 0.342 e. The minimum Gasteiger partial charge on any atom is -0.342 e. The maximum absolute atomic E-state index is 13.6. The van der Waals surface area contributed by atoms with Gasteiger partial charge in [-0.3, -0.25) is 14.7 Å². The van der Waals surface area contributed by atoms with Gasteiger partial charge in [0.05, 0.1) is 5.56 Å². The molecule has 148 valence electrons. The normalized spacial score (nSPS) is 11.7. The molecule has 8 nitrogen and oxygen atoms in total. The van der Waals surface area contributed by atoms with Crippen LogP contribution in [-0.2, 0) is 6.18 Å². The van der Waals surface area contributed by atoms with Crippen molar-refractivity contribution < 1.29 is 18.0 Å². The van der Waals surface area contributed by atoms with E-state index in [1.165, 1.54) is 31.3 Å². The maximum atomic E-state index is 13.6. The predicted molar refractivity (Wildman–Crippen MR) is 97.5 cm³/mol. The molecule has 0 fully saturated rings. The van der Waals surface area contributed by atoms with E-state index in [0.29, 0.717) is 4.52 Å². The first-order valence-corrected chi connectivity index (χ1v) is 8.36. The second-order valence-electron chi connectivity index (χ2n) is 6.19. The molecular weight excluding hydrogens is 389 g/mol. The molecule has 0 bridgehead atoms. The monoisotopic (exact) mass is 402 g/mol. The van der Waals surface area contributed by atoms with Gasteiger partial charge in [-0.25, -0.2) is 0 Å². The summed E-state index contributed by atoms with van der Waals surface area (Å²) in [6.45, 7) is 1.43. The lowest BCUT2D eigenvalue weighted by atomic mass is 10.1. The number of rotatable bonds is 3. The van der Waals surface area contributed by atoms with Crippen molar-refractivity contribution in [3.05, 3.63) is 69.9 Å². The highest BCUT2D eigenvalue weighted by Gasteiger charge is 2.39. The molecule has 0 saturated carbocycles. The number of H-pyrrole nitrogens is 2. The Morgan fingerprint density at radius 1 is 1.17 bits per heavy atom. The van der Waals surface area contributed by atoms with Gasteiger partial charge in [0.1, 0.15) is 11.2 Å². The van der Waals surface area contributed by atoms with E-state index in [-0.39, 0.29) is 33.8 Å². The fraction of sp³-hybridized carbons (Fsp3) is 0.111. The van der Waals surface area contributed by atoms with Crippen LogP contribution >= 0.6 is 0 Å². The Kier molecular flexibility index (Phi) is 4.22. The Bertz CT molecular complexity index is 1260. The second kappa shape index (κ2) is 6.62. The zero-order valence-corrected chi connectivity index (χ0v) is 14.8. The summed E-state index contributed by atoms with van der Waals surface area (Å²) in [4.78, 5) is 28.1. The summed E-state index contributed by atoms with van der Waals surface area (Å²) in [5, 5.41) is 12.1. The molecular formula is C18H13F3N6O2. The van der Waals surface area contributed by atoms with Gasteiger partial charge in [0.25, 0.3) is 11.5 Å². The predicted octanol–water partition coefficient (Wildman–Crippen LogP) is 2.99. The number of amides is 1. The van der Waals surface area contributed by atoms with E-state index in [9.17, 15) is 22.8 Å². The number of halogens is 3. The van der Waals surface area contributed by atoms with Crippen LogP contribution in [0.4, 0.5) is 19.0 Å². The lowest BCUT2D eigenvalue weighted by molar-refractivity contribution is -0.140. The number of aromatic amines is 2. The molecule has 0 aliphatic carbocycles. The highest BCUT2D eigenvalue weighted by molar-refractivity contribution is 6.04. The Morgan fingerprint density at radius 2 is 1.90 bits per heavy atom. The third-order valence-corrected chi connectivity index (χ3v) is 4.27. The number of fused-ring (bicyclic) bond motifs is 1. The van der Waals surface area contributed by atoms with Gasteiger partial charge in [-0.05, 0) is 12.5 Å². The number of aryl methyl sites for hydroxylation is 1. The van der Waals surface area contributed by atoms with Gasteiger partial charge in [0.2, 0.25) is 0 Å². The molecule has 0 unspecified atom stereocenters. The topological polar surface area (TPSA) is 108 Å². The van der Waals surface area contributed by atoms with Crippen molar-refractivity contribution in [3.8, 4) is 11.1 Å². The SMILES string of the molecule is Cc1[nH]c2c(-c3ccccc3)c(C(F)(F)F)nn2c(=O)c1C(=O)Nc1cc[nH]n1. The summed E-state index contributed by atoms with van der Waals surface area (Å²) in [6, 6.07) is 9.25. The standard InChI is InChI=1S/C18H13F3N6O2/c1-9-12(16(28)24-11-7-8-22-25-11)17(29)27-15(23-9)13(10-5-3-2-4-6-10)14(26-27)18(19,20)21/h2-8,23H,1H3,(H2,22,24,25,28). The number of hydrogen-bond acceptors (Lipinski definition) is 4. The minimum absolute atomic E-state index is 0.0985. The average Bonchev–Trinajstić information content (AvgIpc) is 3.29. The summed E-state index contributed by atoms with van der Waals surface area (Å²) in [7, 11) is 0. The van der Waals surface area contributed by atoms with Crippen LogP contribution in [-0.4, -0.2) is 30.7 Å². The molecule has 0 spiro atoms. The molecule has 4 aromatic rings. The highest BCUT2D eigenvalue weighted by Crippen LogP contribution is 2.38. The second-order valence-corrected chi connectivity index (χ2v) is 6.19. The third-order valence-electron chi connectivity index (χ3n) is 4.27. The molecule has 0 aliphatic heterocycles. The van der Waals surface area contributed by atoms with Gasteiger partial charge in [0, 0.05) is 18.0 Å². The molecule has 0 atom stereocenters. The summed E-state index contributed by atoms with van der Waals surface area (Å²) < 4.78 is 41.5. The quantitative estimate of drug-likeness (QED) is 0.490. The molecule has 11 heteroatoms. The van der Waals surface area contributed by atoms with Gasteiger partial charge < -0.3 is 10.3 Å². The number of hydrogen-bond donors (Lipinski definition) is 3. The van der Waals surface area contributed by atoms with Gasteiger partial charge in [0.15, 0.2) is 11.5 Å². The number of carbonyl (C=O) groups excluding carboxylic acids is 1. The van der Waals surface area contributed by atoms with Crippen molar-refractivity contribution in [2.45, 2.75) is 13.1 Å². The van der Waals surface area contributed by atoms with Crippen molar-refractivity contribution in [2.75, 3.05) is 5.32 Å². The van der Waals surface area contributed by atoms with E-state index in [1.807, 2.05) is 0 Å². The zero-order chi connectivity index (χ0) is 20.8. The van der Waals surface area contributed by atoms with Gasteiger partial charge >= 0.3 is 6.18 Å². The molecule has 0 aliphatic rings. The van der Waals surface area contributed by atoms with Crippen molar-refractivity contribution in [2.24, 2.45) is 0 Å². The number of nitrogens with zero attached hydrogens (tertiary/aromatic N) is 3. The number of anilines is 1. The van der Waals surface area contributed by atoms with Crippen LogP contribution in [0.25, 0.3) is 16.8 Å². The summed E-state index contributed by atoms with van der Waals surface area (Å²) in [6.07, 6.45) is -3.34. The lowest BCUT2D eigenvalue weighted by Crippen LogP contribution is -2.29. The minimum atomic E-state index is -4.80. The van der Waals surface area contributed by atoms with E-state index in [2.05, 4.69) is 25.6 Å². The van der Waals surface area contributed by atoms with E-state index in [0.717, 1.165) is 0 Å². The fourth-order valence-electron chi connectivity index (χ4n) is 3.04. The lowest BCUT2D eigenvalue weighted by Gasteiger charge is -2.08. The van der Waals surface area contributed by atoms with E-state index < -0.39 is 23.3 Å². The van der Waals surface area contributed by atoms with Crippen molar-refractivity contribution in [1.29, 1.82) is 0 Å². The molecule has 3 aromatic heterocycles. The molecule has 4 rings (SSSR count). The first kappa shape index (κ1) is 18.5. The molecule has 3 N–H and O–H groups in total. The summed E-state index contributed by atoms with van der Waals surface area (Å²) >= 11 is 0. The van der Waals surface area contributed by atoms with Crippen LogP contribution in [0.5, 0.6) is 0 Å². The van der Waals surface area contributed by atoms with Crippen molar-refractivity contribution in [3.63, 3.8) is 0 Å². The van der Waals surface area contributed by atoms with E-state index >= 15 is 0 Å². The fourth-order valence-corrected chi connectivity index (χ4v) is 3.04.